The van der Waals surface area contributed by atoms with Gasteiger partial charge in [-0.3, -0.25) is 0 Å². The highest BCUT2D eigenvalue weighted by Crippen LogP contribution is 2.29. The zero-order valence-corrected chi connectivity index (χ0v) is 11.1. The van der Waals surface area contributed by atoms with Gasteiger partial charge in [-0.1, -0.05) is 18.2 Å². The number of rotatable bonds is 5. The molecule has 0 radical (unpaired) electrons. The zero-order valence-electron chi connectivity index (χ0n) is 11.1. The van der Waals surface area contributed by atoms with Crippen LogP contribution in [0.15, 0.2) is 42.5 Å². The maximum Gasteiger partial charge on any atom is 0.142 e. The molecule has 0 unspecified atom stereocenters. The van der Waals surface area contributed by atoms with Crippen LogP contribution in [0, 0.1) is 0 Å². The van der Waals surface area contributed by atoms with Crippen LogP contribution in [0.5, 0.6) is 11.5 Å². The summed E-state index contributed by atoms with van der Waals surface area (Å²) in [5.74, 6) is 1.56. The Morgan fingerprint density at radius 3 is 2.53 bits per heavy atom. The fourth-order valence-electron chi connectivity index (χ4n) is 1.84. The Morgan fingerprint density at radius 2 is 1.84 bits per heavy atom. The van der Waals surface area contributed by atoms with Crippen molar-refractivity contribution < 1.29 is 9.47 Å². The summed E-state index contributed by atoms with van der Waals surface area (Å²) >= 11 is 0. The van der Waals surface area contributed by atoms with E-state index in [1.165, 1.54) is 0 Å². The normalized spacial score (nSPS) is 10.0. The summed E-state index contributed by atoms with van der Waals surface area (Å²) in [6.45, 7) is 0.635. The molecule has 2 aromatic rings. The number of nitrogens with one attached hydrogen (secondary N) is 1. The Bertz CT molecular complexity index is 556. The predicted octanol–water partition coefficient (Wildman–Crippen LogP) is 2.90. The van der Waals surface area contributed by atoms with Crippen molar-refractivity contribution >= 4 is 11.4 Å². The second-order valence-electron chi connectivity index (χ2n) is 4.12. The fourth-order valence-corrected chi connectivity index (χ4v) is 1.84. The monoisotopic (exact) mass is 258 g/mol. The maximum absolute atomic E-state index is 5.92. The van der Waals surface area contributed by atoms with Crippen molar-refractivity contribution in [1.82, 2.24) is 0 Å². The number of nitrogen functional groups attached to an aromatic ring is 1. The molecule has 19 heavy (non-hydrogen) atoms. The first-order chi connectivity index (χ1) is 9.24. The lowest BCUT2D eigenvalue weighted by molar-refractivity contribution is 0.404. The molecule has 0 saturated carbocycles. The van der Waals surface area contributed by atoms with E-state index in [0.717, 1.165) is 28.4 Å². The van der Waals surface area contributed by atoms with E-state index in [1.54, 1.807) is 14.2 Å². The fraction of sp³-hybridized carbons (Fsp3) is 0.200. The van der Waals surface area contributed by atoms with E-state index in [1.807, 2.05) is 42.5 Å². The van der Waals surface area contributed by atoms with E-state index < -0.39 is 0 Å². The third-order valence-corrected chi connectivity index (χ3v) is 2.93. The first-order valence-electron chi connectivity index (χ1n) is 6.04. The second-order valence-corrected chi connectivity index (χ2v) is 4.12. The van der Waals surface area contributed by atoms with E-state index in [0.29, 0.717) is 6.54 Å². The molecule has 0 heterocycles. The molecule has 0 bridgehead atoms. The second kappa shape index (κ2) is 6.00. The third-order valence-electron chi connectivity index (χ3n) is 2.93. The molecule has 0 aromatic heterocycles. The van der Waals surface area contributed by atoms with Gasteiger partial charge in [-0.15, -0.1) is 0 Å². The molecule has 0 spiro atoms. The maximum atomic E-state index is 5.92. The largest absolute Gasteiger partial charge is 0.497 e. The van der Waals surface area contributed by atoms with E-state index in [9.17, 15) is 0 Å². The van der Waals surface area contributed by atoms with Crippen LogP contribution in [-0.2, 0) is 6.54 Å². The number of benzene rings is 2. The highest BCUT2D eigenvalue weighted by Gasteiger charge is 2.05. The van der Waals surface area contributed by atoms with Gasteiger partial charge in [0.25, 0.3) is 0 Å². The predicted molar refractivity (Wildman–Crippen MR) is 77.7 cm³/mol. The molecule has 4 nitrogen and oxygen atoms in total. The van der Waals surface area contributed by atoms with Crippen LogP contribution in [0.2, 0.25) is 0 Å². The van der Waals surface area contributed by atoms with Gasteiger partial charge in [-0.25, -0.2) is 0 Å². The minimum absolute atomic E-state index is 0.635. The van der Waals surface area contributed by atoms with Gasteiger partial charge in [0.05, 0.1) is 19.9 Å². The lowest BCUT2D eigenvalue weighted by Gasteiger charge is -2.13. The number of hydrogen-bond donors (Lipinski definition) is 2. The van der Waals surface area contributed by atoms with Gasteiger partial charge in [-0.2, -0.15) is 0 Å². The molecule has 0 aliphatic rings. The molecule has 4 heteroatoms. The van der Waals surface area contributed by atoms with E-state index in [-0.39, 0.29) is 0 Å². The van der Waals surface area contributed by atoms with E-state index in [2.05, 4.69) is 5.32 Å². The van der Waals surface area contributed by atoms with Crippen LogP contribution in [0.3, 0.4) is 0 Å². The standard InChI is InChI=1S/C15H18N2O2/c1-18-12-7-8-15(19-2)14(9-12)17-10-11-5-3-4-6-13(11)16/h3-9,17H,10,16H2,1-2H3. The molecule has 2 aromatic carbocycles. The number of hydrogen-bond acceptors (Lipinski definition) is 4. The number of anilines is 2. The van der Waals surface area contributed by atoms with Gasteiger partial charge in [0, 0.05) is 18.3 Å². The third kappa shape index (κ3) is 3.10. The number of para-hydroxylation sites is 1. The zero-order chi connectivity index (χ0) is 13.7. The van der Waals surface area contributed by atoms with Crippen LogP contribution < -0.4 is 20.5 Å². The van der Waals surface area contributed by atoms with E-state index in [4.69, 9.17) is 15.2 Å². The Balaban J connectivity index is 2.16. The average molecular weight is 258 g/mol. The molecular weight excluding hydrogens is 240 g/mol. The van der Waals surface area contributed by atoms with Crippen LogP contribution in [-0.4, -0.2) is 14.2 Å². The quantitative estimate of drug-likeness (QED) is 0.810. The van der Waals surface area contributed by atoms with Crippen molar-refractivity contribution in [2.24, 2.45) is 0 Å². The lowest BCUT2D eigenvalue weighted by Crippen LogP contribution is -2.04. The summed E-state index contributed by atoms with van der Waals surface area (Å²) in [6, 6.07) is 13.4. The van der Waals surface area contributed by atoms with Crippen molar-refractivity contribution in [1.29, 1.82) is 0 Å². The van der Waals surface area contributed by atoms with Crippen LogP contribution in [0.4, 0.5) is 11.4 Å². The van der Waals surface area contributed by atoms with E-state index >= 15 is 0 Å². The summed E-state index contributed by atoms with van der Waals surface area (Å²) in [4.78, 5) is 0. The molecular formula is C15H18N2O2. The van der Waals surface area contributed by atoms with Gasteiger partial charge in [0.1, 0.15) is 11.5 Å². The van der Waals surface area contributed by atoms with Gasteiger partial charge < -0.3 is 20.5 Å². The topological polar surface area (TPSA) is 56.5 Å². The van der Waals surface area contributed by atoms with Crippen molar-refractivity contribution in [2.75, 3.05) is 25.3 Å². The molecule has 0 aliphatic carbocycles. The van der Waals surface area contributed by atoms with Gasteiger partial charge in [0.15, 0.2) is 0 Å². The summed E-state index contributed by atoms with van der Waals surface area (Å²) < 4.78 is 10.5. The molecule has 0 saturated heterocycles. The first-order valence-corrected chi connectivity index (χ1v) is 6.04. The Kier molecular flexibility index (Phi) is 4.13. The highest BCUT2D eigenvalue weighted by molar-refractivity contribution is 5.60. The molecule has 2 rings (SSSR count). The van der Waals surface area contributed by atoms with Gasteiger partial charge >= 0.3 is 0 Å². The molecule has 0 atom stereocenters. The van der Waals surface area contributed by atoms with Crippen molar-refractivity contribution in [3.05, 3.63) is 48.0 Å². The minimum Gasteiger partial charge on any atom is -0.497 e. The van der Waals surface area contributed by atoms with Crippen molar-refractivity contribution in [3.63, 3.8) is 0 Å². The molecule has 0 aliphatic heterocycles. The molecule has 100 valence electrons. The van der Waals surface area contributed by atoms with Gasteiger partial charge in [0.2, 0.25) is 0 Å². The molecule has 0 amide bonds. The van der Waals surface area contributed by atoms with Crippen LogP contribution >= 0.6 is 0 Å². The number of ether oxygens (including phenoxy) is 2. The van der Waals surface area contributed by atoms with Crippen LogP contribution in [0.1, 0.15) is 5.56 Å². The summed E-state index contributed by atoms with van der Waals surface area (Å²) in [5, 5.41) is 3.31. The Labute approximate surface area is 113 Å². The Hall–Kier alpha value is -2.36. The Morgan fingerprint density at radius 1 is 1.05 bits per heavy atom. The average Bonchev–Trinajstić information content (AvgIpc) is 2.46. The SMILES string of the molecule is COc1ccc(OC)c(NCc2ccccc2N)c1. The van der Waals surface area contributed by atoms with Crippen molar-refractivity contribution in [2.45, 2.75) is 6.54 Å². The van der Waals surface area contributed by atoms with Crippen molar-refractivity contribution in [3.8, 4) is 11.5 Å². The molecule has 0 fully saturated rings. The highest BCUT2D eigenvalue weighted by atomic mass is 16.5. The summed E-state index contributed by atoms with van der Waals surface area (Å²) in [5.41, 5.74) is 8.62. The van der Waals surface area contributed by atoms with Crippen LogP contribution in [0.25, 0.3) is 0 Å². The van der Waals surface area contributed by atoms with Gasteiger partial charge in [-0.05, 0) is 23.8 Å². The summed E-state index contributed by atoms with van der Waals surface area (Å²) in [7, 11) is 3.28. The molecule has 3 N–H and O–H groups in total. The lowest BCUT2D eigenvalue weighted by atomic mass is 10.1. The number of methoxy groups -OCH3 is 2. The smallest absolute Gasteiger partial charge is 0.142 e. The minimum atomic E-state index is 0.635. The first kappa shape index (κ1) is 13.1. The summed E-state index contributed by atoms with van der Waals surface area (Å²) in [6.07, 6.45) is 0. The number of nitrogens with two attached hydrogens (primary N) is 1.